The van der Waals surface area contributed by atoms with Crippen LogP contribution >= 0.6 is 0 Å². The van der Waals surface area contributed by atoms with Crippen LogP contribution in [-0.4, -0.2) is 17.6 Å². The Morgan fingerprint density at radius 2 is 1.95 bits per heavy atom. The molecule has 3 N–H and O–H groups in total. The first-order chi connectivity index (χ1) is 9.86. The van der Waals surface area contributed by atoms with Crippen molar-refractivity contribution in [2.24, 2.45) is 23.5 Å². The number of benzene rings is 1. The van der Waals surface area contributed by atoms with Gasteiger partial charge in [0.25, 0.3) is 0 Å². The summed E-state index contributed by atoms with van der Waals surface area (Å²) >= 11 is 0. The van der Waals surface area contributed by atoms with Gasteiger partial charge in [-0.15, -0.1) is 0 Å². The minimum absolute atomic E-state index is 0.208. The summed E-state index contributed by atoms with van der Waals surface area (Å²) in [5.41, 5.74) is 9.73. The predicted octanol–water partition coefficient (Wildman–Crippen LogP) is 3.52. The summed E-state index contributed by atoms with van der Waals surface area (Å²) in [6.07, 6.45) is 0.232. The molecule has 0 amide bonds. The van der Waals surface area contributed by atoms with E-state index in [4.69, 9.17) is 10.8 Å². The maximum atomic E-state index is 11.0. The van der Waals surface area contributed by atoms with Crippen molar-refractivity contribution in [2.75, 3.05) is 6.54 Å². The van der Waals surface area contributed by atoms with Gasteiger partial charge in [0.15, 0.2) is 0 Å². The molecule has 0 bridgehead atoms. The van der Waals surface area contributed by atoms with E-state index in [2.05, 4.69) is 45.9 Å². The molecule has 0 saturated heterocycles. The van der Waals surface area contributed by atoms with Crippen molar-refractivity contribution in [2.45, 2.75) is 46.0 Å². The van der Waals surface area contributed by atoms with Crippen molar-refractivity contribution in [3.8, 4) is 0 Å². The minimum Gasteiger partial charge on any atom is -0.481 e. The molecule has 3 heteroatoms. The van der Waals surface area contributed by atoms with Gasteiger partial charge in [-0.05, 0) is 59.7 Å². The summed E-state index contributed by atoms with van der Waals surface area (Å²) in [6.45, 7) is 9.44. The van der Waals surface area contributed by atoms with Gasteiger partial charge in [-0.25, -0.2) is 0 Å². The quantitative estimate of drug-likeness (QED) is 0.842. The van der Waals surface area contributed by atoms with Crippen molar-refractivity contribution >= 4 is 5.97 Å². The maximum absolute atomic E-state index is 11.0. The summed E-state index contributed by atoms with van der Waals surface area (Å²) in [5.74, 6) is 1.30. The molecule has 1 saturated carbocycles. The SMILES string of the molecule is Cc1cc([C@@H](C)C(C)C)ccc1[C@@H]1C(CN)C1CC(=O)O. The molecule has 0 radical (unpaired) electrons. The van der Waals surface area contributed by atoms with E-state index in [1.54, 1.807) is 0 Å². The number of hydrogen-bond acceptors (Lipinski definition) is 2. The molecule has 1 aliphatic carbocycles. The van der Waals surface area contributed by atoms with Crippen LogP contribution in [-0.2, 0) is 4.79 Å². The monoisotopic (exact) mass is 289 g/mol. The van der Waals surface area contributed by atoms with Crippen LogP contribution < -0.4 is 5.73 Å². The standard InChI is InChI=1S/C18H27NO2/c1-10(2)12(4)13-5-6-14(11(3)7-13)18-15(8-17(20)21)16(18)9-19/h5-7,10,12,15-16,18H,8-9,19H2,1-4H3,(H,20,21)/t12-,15?,16?,18-/m0/s1. The molecule has 3 nitrogen and oxygen atoms in total. The number of carbonyl (C=O) groups is 1. The van der Waals surface area contributed by atoms with E-state index < -0.39 is 5.97 Å². The molecule has 1 aliphatic rings. The van der Waals surface area contributed by atoms with Gasteiger partial charge in [-0.2, -0.15) is 0 Å². The molecule has 0 heterocycles. The van der Waals surface area contributed by atoms with E-state index in [9.17, 15) is 4.79 Å². The molecule has 0 spiro atoms. The third-order valence-corrected chi connectivity index (χ3v) is 5.19. The highest BCUT2D eigenvalue weighted by molar-refractivity contribution is 5.68. The number of aliphatic carboxylic acids is 1. The number of carboxylic acid groups (broad SMARTS) is 1. The third kappa shape index (κ3) is 3.29. The third-order valence-electron chi connectivity index (χ3n) is 5.19. The lowest BCUT2D eigenvalue weighted by atomic mass is 9.87. The Balaban J connectivity index is 2.20. The van der Waals surface area contributed by atoms with Gasteiger partial charge in [0, 0.05) is 6.42 Å². The second-order valence-electron chi connectivity index (χ2n) is 6.84. The van der Waals surface area contributed by atoms with Crippen LogP contribution in [0.4, 0.5) is 0 Å². The molecular weight excluding hydrogens is 262 g/mol. The van der Waals surface area contributed by atoms with Crippen LogP contribution in [0.3, 0.4) is 0 Å². The molecule has 2 unspecified atom stereocenters. The highest BCUT2D eigenvalue weighted by Crippen LogP contribution is 2.56. The highest BCUT2D eigenvalue weighted by Gasteiger charge is 2.50. The Labute approximate surface area is 127 Å². The molecule has 1 aromatic carbocycles. The summed E-state index contributed by atoms with van der Waals surface area (Å²) in [6, 6.07) is 6.67. The zero-order valence-electron chi connectivity index (χ0n) is 13.5. The Kier molecular flexibility index (Phi) is 4.72. The smallest absolute Gasteiger partial charge is 0.303 e. The second kappa shape index (κ2) is 6.18. The van der Waals surface area contributed by atoms with Gasteiger partial charge >= 0.3 is 5.97 Å². The number of rotatable bonds is 6. The van der Waals surface area contributed by atoms with Gasteiger partial charge in [0.05, 0.1) is 0 Å². The fourth-order valence-corrected chi connectivity index (χ4v) is 3.45. The van der Waals surface area contributed by atoms with E-state index in [0.717, 1.165) is 0 Å². The summed E-state index contributed by atoms with van der Waals surface area (Å²) < 4.78 is 0. The van der Waals surface area contributed by atoms with Crippen LogP contribution in [0.25, 0.3) is 0 Å². The molecule has 0 aromatic heterocycles. The number of nitrogens with two attached hydrogens (primary N) is 1. The van der Waals surface area contributed by atoms with Crippen molar-refractivity contribution < 1.29 is 9.90 Å². The minimum atomic E-state index is -0.719. The zero-order valence-corrected chi connectivity index (χ0v) is 13.5. The number of aryl methyl sites for hydroxylation is 1. The summed E-state index contributed by atoms with van der Waals surface area (Å²) in [5, 5.41) is 9.01. The second-order valence-corrected chi connectivity index (χ2v) is 6.84. The number of hydrogen-bond donors (Lipinski definition) is 2. The van der Waals surface area contributed by atoms with Crippen LogP contribution in [0.2, 0.25) is 0 Å². The lowest BCUT2D eigenvalue weighted by molar-refractivity contribution is -0.137. The van der Waals surface area contributed by atoms with Gasteiger partial charge in [0.1, 0.15) is 0 Å². The first kappa shape index (κ1) is 16.0. The number of carboxylic acids is 1. The molecule has 2 rings (SSSR count). The molecule has 1 fully saturated rings. The zero-order chi connectivity index (χ0) is 15.7. The largest absolute Gasteiger partial charge is 0.481 e. The van der Waals surface area contributed by atoms with Gasteiger partial charge in [-0.1, -0.05) is 39.0 Å². The van der Waals surface area contributed by atoms with Crippen LogP contribution in [0, 0.1) is 24.7 Å². The van der Waals surface area contributed by atoms with E-state index >= 15 is 0 Å². The fraction of sp³-hybridized carbons (Fsp3) is 0.611. The van der Waals surface area contributed by atoms with E-state index in [-0.39, 0.29) is 12.3 Å². The first-order valence-electron chi connectivity index (χ1n) is 7.89. The topological polar surface area (TPSA) is 63.3 Å². The van der Waals surface area contributed by atoms with E-state index in [1.807, 2.05) is 0 Å². The fourth-order valence-electron chi connectivity index (χ4n) is 3.45. The average molecular weight is 289 g/mol. The summed E-state index contributed by atoms with van der Waals surface area (Å²) in [4.78, 5) is 11.0. The Bertz CT molecular complexity index is 524. The molecule has 0 aliphatic heterocycles. The van der Waals surface area contributed by atoms with Crippen LogP contribution in [0.1, 0.15) is 55.7 Å². The lowest BCUT2D eigenvalue weighted by Gasteiger charge is -2.18. The Hall–Kier alpha value is -1.35. The lowest BCUT2D eigenvalue weighted by Crippen LogP contribution is -2.05. The van der Waals surface area contributed by atoms with E-state index in [1.165, 1.54) is 16.7 Å². The first-order valence-corrected chi connectivity index (χ1v) is 7.89. The molecule has 21 heavy (non-hydrogen) atoms. The van der Waals surface area contributed by atoms with E-state index in [0.29, 0.717) is 30.2 Å². The molecule has 4 atom stereocenters. The predicted molar refractivity (Wildman–Crippen MR) is 85.5 cm³/mol. The average Bonchev–Trinajstić information content (AvgIpc) is 3.09. The van der Waals surface area contributed by atoms with Crippen molar-refractivity contribution in [1.29, 1.82) is 0 Å². The van der Waals surface area contributed by atoms with Gasteiger partial charge in [-0.3, -0.25) is 4.79 Å². The Morgan fingerprint density at radius 1 is 1.29 bits per heavy atom. The molecule has 116 valence electrons. The molecule has 1 aromatic rings. The summed E-state index contributed by atoms with van der Waals surface area (Å²) in [7, 11) is 0. The van der Waals surface area contributed by atoms with Gasteiger partial charge < -0.3 is 10.8 Å². The normalized spacial score (nSPS) is 25.9. The van der Waals surface area contributed by atoms with Gasteiger partial charge in [0.2, 0.25) is 0 Å². The Morgan fingerprint density at radius 3 is 2.43 bits per heavy atom. The molecular formula is C18H27NO2. The maximum Gasteiger partial charge on any atom is 0.303 e. The highest BCUT2D eigenvalue weighted by atomic mass is 16.4. The van der Waals surface area contributed by atoms with Crippen LogP contribution in [0.15, 0.2) is 18.2 Å². The van der Waals surface area contributed by atoms with Crippen molar-refractivity contribution in [3.63, 3.8) is 0 Å². The van der Waals surface area contributed by atoms with Crippen LogP contribution in [0.5, 0.6) is 0 Å². The van der Waals surface area contributed by atoms with Crippen molar-refractivity contribution in [3.05, 3.63) is 34.9 Å². The van der Waals surface area contributed by atoms with Crippen molar-refractivity contribution in [1.82, 2.24) is 0 Å².